The highest BCUT2D eigenvalue weighted by molar-refractivity contribution is 9.10. The number of amides is 1. The van der Waals surface area contributed by atoms with Gasteiger partial charge in [-0.25, -0.2) is 8.42 Å². The van der Waals surface area contributed by atoms with Crippen LogP contribution in [0.2, 0.25) is 0 Å². The lowest BCUT2D eigenvalue weighted by Gasteiger charge is -2.07. The number of carbonyl (C=O) groups is 1. The van der Waals surface area contributed by atoms with E-state index >= 15 is 0 Å². The van der Waals surface area contributed by atoms with Crippen LogP contribution >= 0.6 is 26.6 Å². The highest BCUT2D eigenvalue weighted by Crippen LogP contribution is 2.26. The molecule has 0 bridgehead atoms. The van der Waals surface area contributed by atoms with E-state index in [0.717, 1.165) is 0 Å². The SMILES string of the molecule is CCOCCNC(=O)c1ccc(Br)c(S(=O)(=O)Cl)c1. The van der Waals surface area contributed by atoms with Crippen LogP contribution in [-0.4, -0.2) is 34.1 Å². The first-order valence-corrected chi connectivity index (χ1v) is 8.56. The molecule has 0 aliphatic carbocycles. The van der Waals surface area contributed by atoms with E-state index in [1.54, 1.807) is 0 Å². The van der Waals surface area contributed by atoms with E-state index in [1.165, 1.54) is 18.2 Å². The number of hydrogen-bond acceptors (Lipinski definition) is 4. The average molecular weight is 371 g/mol. The van der Waals surface area contributed by atoms with Crippen LogP contribution in [0.25, 0.3) is 0 Å². The van der Waals surface area contributed by atoms with Crippen molar-refractivity contribution in [2.24, 2.45) is 0 Å². The molecule has 0 saturated carbocycles. The quantitative estimate of drug-likeness (QED) is 0.615. The second-order valence-electron chi connectivity index (χ2n) is 3.54. The molecule has 0 unspecified atom stereocenters. The Labute approximate surface area is 124 Å². The molecule has 0 aliphatic heterocycles. The second-order valence-corrected chi connectivity index (χ2v) is 6.92. The molecule has 5 nitrogen and oxygen atoms in total. The summed E-state index contributed by atoms with van der Waals surface area (Å²) in [6, 6.07) is 4.20. The van der Waals surface area contributed by atoms with E-state index in [4.69, 9.17) is 15.4 Å². The van der Waals surface area contributed by atoms with E-state index < -0.39 is 9.05 Å². The Bertz CT molecular complexity index is 562. The van der Waals surface area contributed by atoms with Crippen molar-refractivity contribution in [1.29, 1.82) is 0 Å². The third kappa shape index (κ3) is 5.10. The minimum absolute atomic E-state index is 0.133. The molecule has 8 heteroatoms. The van der Waals surface area contributed by atoms with Gasteiger partial charge in [0.15, 0.2) is 0 Å². The zero-order valence-electron chi connectivity index (χ0n) is 10.2. The Kier molecular flexibility index (Phi) is 6.25. The first-order valence-electron chi connectivity index (χ1n) is 5.46. The van der Waals surface area contributed by atoms with Crippen molar-refractivity contribution in [1.82, 2.24) is 5.32 Å². The number of hydrogen-bond donors (Lipinski definition) is 1. The third-order valence-electron chi connectivity index (χ3n) is 2.19. The summed E-state index contributed by atoms with van der Waals surface area (Å²) in [6.07, 6.45) is 0. The van der Waals surface area contributed by atoms with Crippen LogP contribution < -0.4 is 5.32 Å². The lowest BCUT2D eigenvalue weighted by atomic mass is 10.2. The Hall–Kier alpha value is -0.630. The van der Waals surface area contributed by atoms with E-state index in [0.29, 0.717) is 24.2 Å². The smallest absolute Gasteiger partial charge is 0.262 e. The zero-order chi connectivity index (χ0) is 14.5. The Morgan fingerprint density at radius 2 is 2.16 bits per heavy atom. The third-order valence-corrected chi connectivity index (χ3v) is 4.51. The molecule has 1 amide bonds. The van der Waals surface area contributed by atoms with Crippen LogP contribution in [0.15, 0.2) is 27.6 Å². The van der Waals surface area contributed by atoms with Gasteiger partial charge in [0.25, 0.3) is 15.0 Å². The predicted octanol–water partition coefficient (Wildman–Crippen LogP) is 2.14. The standard InChI is InChI=1S/C11H13BrClNO4S/c1-2-18-6-5-14-11(15)8-3-4-9(12)10(7-8)19(13,16)17/h3-4,7H,2,5-6H2,1H3,(H,14,15). The van der Waals surface area contributed by atoms with Gasteiger partial charge in [-0.05, 0) is 41.1 Å². The van der Waals surface area contributed by atoms with Crippen LogP contribution in [0.4, 0.5) is 0 Å². The molecule has 0 heterocycles. The van der Waals surface area contributed by atoms with Gasteiger partial charge in [-0.1, -0.05) is 0 Å². The molecule has 0 aliphatic rings. The summed E-state index contributed by atoms with van der Waals surface area (Å²) >= 11 is 3.07. The molecule has 0 saturated heterocycles. The van der Waals surface area contributed by atoms with E-state index in [-0.39, 0.29) is 16.4 Å². The monoisotopic (exact) mass is 369 g/mol. The highest BCUT2D eigenvalue weighted by atomic mass is 79.9. The minimum atomic E-state index is -3.90. The molecular formula is C11H13BrClNO4S. The second kappa shape index (κ2) is 7.23. The average Bonchev–Trinajstić information content (AvgIpc) is 2.33. The van der Waals surface area contributed by atoms with Gasteiger partial charge in [-0.3, -0.25) is 4.79 Å². The summed E-state index contributed by atoms with van der Waals surface area (Å²) in [5, 5.41) is 2.61. The van der Waals surface area contributed by atoms with Crippen LogP contribution in [-0.2, 0) is 13.8 Å². The predicted molar refractivity (Wildman–Crippen MR) is 76.0 cm³/mol. The maximum Gasteiger partial charge on any atom is 0.262 e. The Morgan fingerprint density at radius 1 is 1.47 bits per heavy atom. The summed E-state index contributed by atoms with van der Waals surface area (Å²) < 4.78 is 28.0. The number of benzene rings is 1. The summed E-state index contributed by atoms with van der Waals surface area (Å²) in [4.78, 5) is 11.6. The summed E-state index contributed by atoms with van der Waals surface area (Å²) in [5.41, 5.74) is 0.221. The molecule has 0 fully saturated rings. The highest BCUT2D eigenvalue weighted by Gasteiger charge is 2.17. The van der Waals surface area contributed by atoms with Crippen LogP contribution in [0.5, 0.6) is 0 Å². The van der Waals surface area contributed by atoms with Crippen molar-refractivity contribution in [3.63, 3.8) is 0 Å². The molecule has 19 heavy (non-hydrogen) atoms. The van der Waals surface area contributed by atoms with E-state index in [9.17, 15) is 13.2 Å². The number of rotatable bonds is 6. The first-order chi connectivity index (χ1) is 8.86. The largest absolute Gasteiger partial charge is 0.380 e. The maximum atomic E-state index is 11.8. The maximum absolute atomic E-state index is 11.8. The fraction of sp³-hybridized carbons (Fsp3) is 0.364. The van der Waals surface area contributed by atoms with Gasteiger partial charge in [0.05, 0.1) is 11.5 Å². The summed E-state index contributed by atoms with van der Waals surface area (Å²) in [6.45, 7) is 3.18. The van der Waals surface area contributed by atoms with Gasteiger partial charge in [-0.15, -0.1) is 0 Å². The van der Waals surface area contributed by atoms with Crippen molar-refractivity contribution in [2.75, 3.05) is 19.8 Å². The minimum Gasteiger partial charge on any atom is -0.380 e. The van der Waals surface area contributed by atoms with Gasteiger partial charge in [0, 0.05) is 33.9 Å². The fourth-order valence-electron chi connectivity index (χ4n) is 1.31. The zero-order valence-corrected chi connectivity index (χ0v) is 13.3. The normalized spacial score (nSPS) is 11.3. The van der Waals surface area contributed by atoms with Gasteiger partial charge < -0.3 is 10.1 Å². The Balaban J connectivity index is 2.82. The summed E-state index contributed by atoms with van der Waals surface area (Å²) in [7, 11) is 1.38. The number of halogens is 2. The van der Waals surface area contributed by atoms with Crippen molar-refractivity contribution in [3.8, 4) is 0 Å². The molecule has 106 valence electrons. The van der Waals surface area contributed by atoms with Gasteiger partial charge in [0.2, 0.25) is 0 Å². The Morgan fingerprint density at radius 3 is 2.74 bits per heavy atom. The molecule has 1 aromatic carbocycles. The van der Waals surface area contributed by atoms with Crippen molar-refractivity contribution >= 4 is 41.6 Å². The van der Waals surface area contributed by atoms with Gasteiger partial charge >= 0.3 is 0 Å². The summed E-state index contributed by atoms with van der Waals surface area (Å²) in [5.74, 6) is -0.381. The lowest BCUT2D eigenvalue weighted by molar-refractivity contribution is 0.0922. The number of carbonyl (C=O) groups excluding carboxylic acids is 1. The van der Waals surface area contributed by atoms with Gasteiger partial charge in [-0.2, -0.15) is 0 Å². The molecule has 1 aromatic rings. The van der Waals surface area contributed by atoms with Crippen LogP contribution in [0.1, 0.15) is 17.3 Å². The molecule has 0 radical (unpaired) electrons. The van der Waals surface area contributed by atoms with E-state index in [1.807, 2.05) is 6.92 Å². The van der Waals surface area contributed by atoms with Crippen molar-refractivity contribution in [2.45, 2.75) is 11.8 Å². The van der Waals surface area contributed by atoms with E-state index in [2.05, 4.69) is 21.2 Å². The van der Waals surface area contributed by atoms with Crippen LogP contribution in [0, 0.1) is 0 Å². The van der Waals surface area contributed by atoms with Crippen LogP contribution in [0.3, 0.4) is 0 Å². The number of nitrogens with one attached hydrogen (secondary N) is 1. The molecule has 1 N–H and O–H groups in total. The number of ether oxygens (including phenoxy) is 1. The fourth-order valence-corrected chi connectivity index (χ4v) is 3.43. The molecule has 1 rings (SSSR count). The van der Waals surface area contributed by atoms with Crippen molar-refractivity contribution in [3.05, 3.63) is 28.2 Å². The molecule has 0 aromatic heterocycles. The first kappa shape index (κ1) is 16.4. The molecular weight excluding hydrogens is 358 g/mol. The van der Waals surface area contributed by atoms with Crippen molar-refractivity contribution < 1.29 is 17.9 Å². The molecule has 0 atom stereocenters. The molecule has 0 spiro atoms. The topological polar surface area (TPSA) is 72.5 Å². The lowest BCUT2D eigenvalue weighted by Crippen LogP contribution is -2.27. The van der Waals surface area contributed by atoms with Gasteiger partial charge in [0.1, 0.15) is 0 Å².